The molecule has 0 spiro atoms. The summed E-state index contributed by atoms with van der Waals surface area (Å²) in [6.07, 6.45) is 1.81. The number of hydrogen-bond acceptors (Lipinski definition) is 5. The van der Waals surface area contributed by atoms with Gasteiger partial charge in [-0.3, -0.25) is 4.79 Å². The lowest BCUT2D eigenvalue weighted by molar-refractivity contribution is 0.0990. The smallest absolute Gasteiger partial charge is 0.169 e. The van der Waals surface area contributed by atoms with E-state index in [0.29, 0.717) is 36.0 Å². The number of rotatable bonds is 3. The molecule has 1 aromatic heterocycles. The third-order valence-corrected chi connectivity index (χ3v) is 2.83. The zero-order valence-electron chi connectivity index (χ0n) is 10.2. The fourth-order valence-electron chi connectivity index (χ4n) is 1.91. The summed E-state index contributed by atoms with van der Waals surface area (Å²) in [5.74, 6) is 1.29. The van der Waals surface area contributed by atoms with Crippen molar-refractivity contribution < 1.29 is 14.3 Å². The van der Waals surface area contributed by atoms with Gasteiger partial charge in [0.25, 0.3) is 0 Å². The van der Waals surface area contributed by atoms with Crippen LogP contribution in [0.2, 0.25) is 0 Å². The second-order valence-corrected chi connectivity index (χ2v) is 4.17. The molecule has 0 amide bonds. The molecule has 0 saturated carbocycles. The molecule has 1 aromatic carbocycles. The van der Waals surface area contributed by atoms with E-state index in [-0.39, 0.29) is 12.2 Å². The summed E-state index contributed by atoms with van der Waals surface area (Å²) in [6, 6.07) is 8.76. The lowest BCUT2D eigenvalue weighted by Crippen LogP contribution is -2.16. The van der Waals surface area contributed by atoms with E-state index in [0.717, 1.165) is 0 Å². The molecule has 0 radical (unpaired) electrons. The minimum atomic E-state index is -0.0162. The molecule has 96 valence electrons. The van der Waals surface area contributed by atoms with E-state index in [1.165, 1.54) is 0 Å². The first kappa shape index (κ1) is 11.6. The average molecular weight is 256 g/mol. The van der Waals surface area contributed by atoms with Gasteiger partial charge >= 0.3 is 0 Å². The Hall–Kier alpha value is -2.43. The third-order valence-electron chi connectivity index (χ3n) is 2.83. The van der Waals surface area contributed by atoms with Gasteiger partial charge in [-0.05, 0) is 30.3 Å². The molecular weight excluding hydrogens is 244 g/mol. The summed E-state index contributed by atoms with van der Waals surface area (Å²) in [5, 5.41) is 7.66. The van der Waals surface area contributed by atoms with Crippen molar-refractivity contribution in [3.63, 3.8) is 0 Å². The molecule has 0 bridgehead atoms. The van der Waals surface area contributed by atoms with Crippen LogP contribution in [0.15, 0.2) is 36.5 Å². The number of carbonyl (C=O) groups is 1. The summed E-state index contributed by atoms with van der Waals surface area (Å²) in [6.45, 7) is 1.05. The van der Waals surface area contributed by atoms with Gasteiger partial charge in [0.2, 0.25) is 0 Å². The van der Waals surface area contributed by atoms with Crippen molar-refractivity contribution in [3.8, 4) is 11.5 Å². The molecule has 0 unspecified atom stereocenters. The molecule has 1 aliphatic rings. The zero-order chi connectivity index (χ0) is 13.1. The summed E-state index contributed by atoms with van der Waals surface area (Å²) in [7, 11) is 0. The van der Waals surface area contributed by atoms with E-state index in [1.807, 2.05) is 0 Å². The van der Waals surface area contributed by atoms with E-state index in [9.17, 15) is 4.79 Å². The monoisotopic (exact) mass is 256 g/mol. The molecule has 0 aliphatic carbocycles. The van der Waals surface area contributed by atoms with E-state index in [1.54, 1.807) is 36.5 Å². The van der Waals surface area contributed by atoms with Gasteiger partial charge in [-0.25, -0.2) is 0 Å². The Labute approximate surface area is 110 Å². The number of nitrogens with zero attached hydrogens (tertiary/aromatic N) is 2. The number of hydrogen-bond donors (Lipinski definition) is 0. The van der Waals surface area contributed by atoms with Gasteiger partial charge in [0.1, 0.15) is 13.2 Å². The first-order chi connectivity index (χ1) is 9.33. The average Bonchev–Trinajstić information content (AvgIpc) is 2.48. The molecule has 0 N–H and O–H groups in total. The fourth-order valence-corrected chi connectivity index (χ4v) is 1.91. The normalized spacial score (nSPS) is 13.1. The maximum atomic E-state index is 12.1. The largest absolute Gasteiger partial charge is 0.486 e. The summed E-state index contributed by atoms with van der Waals surface area (Å²) in [4.78, 5) is 12.1. The molecular formula is C14H12N2O3. The van der Waals surface area contributed by atoms with Crippen molar-refractivity contribution >= 4 is 5.78 Å². The lowest BCUT2D eigenvalue weighted by Gasteiger charge is -2.18. The molecule has 0 saturated heterocycles. The highest BCUT2D eigenvalue weighted by Gasteiger charge is 2.15. The fraction of sp³-hybridized carbons (Fsp3) is 0.214. The van der Waals surface area contributed by atoms with Crippen molar-refractivity contribution in [3.05, 3.63) is 47.8 Å². The standard InChI is InChI=1S/C14H12N2O3/c17-12(9-11-2-1-5-15-16-11)10-3-4-13-14(8-10)19-7-6-18-13/h1-5,8H,6-7,9H2. The molecule has 0 fully saturated rings. The molecule has 1 aliphatic heterocycles. The van der Waals surface area contributed by atoms with Crippen molar-refractivity contribution in [2.75, 3.05) is 13.2 Å². The highest BCUT2D eigenvalue weighted by Crippen LogP contribution is 2.31. The highest BCUT2D eigenvalue weighted by molar-refractivity contribution is 5.97. The quantitative estimate of drug-likeness (QED) is 0.782. The van der Waals surface area contributed by atoms with Crippen LogP contribution >= 0.6 is 0 Å². The maximum absolute atomic E-state index is 12.1. The van der Waals surface area contributed by atoms with E-state index in [4.69, 9.17) is 9.47 Å². The molecule has 2 heterocycles. The Balaban J connectivity index is 1.80. The van der Waals surface area contributed by atoms with E-state index >= 15 is 0 Å². The minimum Gasteiger partial charge on any atom is -0.486 e. The number of ketones is 1. The van der Waals surface area contributed by atoms with Gasteiger partial charge < -0.3 is 9.47 Å². The predicted octanol–water partition coefficient (Wildman–Crippen LogP) is 1.67. The van der Waals surface area contributed by atoms with Crippen LogP contribution in [0.3, 0.4) is 0 Å². The summed E-state index contributed by atoms with van der Waals surface area (Å²) >= 11 is 0. The van der Waals surface area contributed by atoms with E-state index in [2.05, 4.69) is 10.2 Å². The van der Waals surface area contributed by atoms with Crippen LogP contribution in [0, 0.1) is 0 Å². The highest BCUT2D eigenvalue weighted by atomic mass is 16.6. The molecule has 2 aromatic rings. The Morgan fingerprint density at radius 1 is 1.16 bits per heavy atom. The Morgan fingerprint density at radius 2 is 2.00 bits per heavy atom. The van der Waals surface area contributed by atoms with Gasteiger partial charge in [0, 0.05) is 11.8 Å². The van der Waals surface area contributed by atoms with Gasteiger partial charge in [-0.2, -0.15) is 10.2 Å². The van der Waals surface area contributed by atoms with Gasteiger partial charge in [0.15, 0.2) is 17.3 Å². The molecule has 3 rings (SSSR count). The van der Waals surface area contributed by atoms with Crippen molar-refractivity contribution in [1.82, 2.24) is 10.2 Å². The van der Waals surface area contributed by atoms with Gasteiger partial charge in [0.05, 0.1) is 12.1 Å². The number of carbonyl (C=O) groups excluding carboxylic acids is 1. The number of ether oxygens (including phenoxy) is 2. The van der Waals surface area contributed by atoms with Crippen molar-refractivity contribution in [2.24, 2.45) is 0 Å². The number of benzene rings is 1. The van der Waals surface area contributed by atoms with Crippen LogP contribution in [0.5, 0.6) is 11.5 Å². The first-order valence-electron chi connectivity index (χ1n) is 6.02. The van der Waals surface area contributed by atoms with Crippen LogP contribution in [-0.2, 0) is 6.42 Å². The summed E-state index contributed by atoms with van der Waals surface area (Å²) < 4.78 is 10.9. The Bertz CT molecular complexity index is 599. The van der Waals surface area contributed by atoms with Crippen LogP contribution in [0.25, 0.3) is 0 Å². The summed E-state index contributed by atoms with van der Waals surface area (Å²) in [5.41, 5.74) is 1.25. The lowest BCUT2D eigenvalue weighted by atomic mass is 10.1. The van der Waals surface area contributed by atoms with Crippen LogP contribution in [0.1, 0.15) is 16.1 Å². The molecule has 0 atom stereocenters. The minimum absolute atomic E-state index is 0.0162. The third kappa shape index (κ3) is 2.54. The molecule has 5 nitrogen and oxygen atoms in total. The zero-order valence-corrected chi connectivity index (χ0v) is 10.2. The second kappa shape index (κ2) is 5.06. The van der Waals surface area contributed by atoms with Crippen LogP contribution in [0.4, 0.5) is 0 Å². The SMILES string of the molecule is O=C(Cc1cccnn1)c1ccc2c(c1)OCCO2. The van der Waals surface area contributed by atoms with Crippen LogP contribution in [-0.4, -0.2) is 29.2 Å². The van der Waals surface area contributed by atoms with Crippen molar-refractivity contribution in [1.29, 1.82) is 0 Å². The number of fused-ring (bicyclic) bond motifs is 1. The molecule has 19 heavy (non-hydrogen) atoms. The maximum Gasteiger partial charge on any atom is 0.169 e. The van der Waals surface area contributed by atoms with Crippen LogP contribution < -0.4 is 9.47 Å². The molecule has 5 heteroatoms. The van der Waals surface area contributed by atoms with Gasteiger partial charge in [-0.15, -0.1) is 0 Å². The Kier molecular flexibility index (Phi) is 3.10. The Morgan fingerprint density at radius 3 is 2.79 bits per heavy atom. The second-order valence-electron chi connectivity index (χ2n) is 4.17. The predicted molar refractivity (Wildman–Crippen MR) is 67.5 cm³/mol. The number of Topliss-reactive ketones (excluding diaryl/α,β-unsaturated/α-hetero) is 1. The van der Waals surface area contributed by atoms with Crippen molar-refractivity contribution in [2.45, 2.75) is 6.42 Å². The van der Waals surface area contributed by atoms with E-state index < -0.39 is 0 Å². The number of aromatic nitrogens is 2. The topological polar surface area (TPSA) is 61.3 Å². The first-order valence-corrected chi connectivity index (χ1v) is 6.02. The van der Waals surface area contributed by atoms with Gasteiger partial charge in [-0.1, -0.05) is 0 Å².